The molecule has 0 bridgehead atoms. The number of ether oxygens (including phenoxy) is 2. The third kappa shape index (κ3) is 3.72. The Hall–Kier alpha value is -2.42. The number of carbonyl (C=O) groups excluding carboxylic acids is 3. The predicted molar refractivity (Wildman–Crippen MR) is 97.9 cm³/mol. The van der Waals surface area contributed by atoms with Crippen LogP contribution in [-0.4, -0.2) is 67.6 Å². The third-order valence-electron chi connectivity index (χ3n) is 4.38. The van der Waals surface area contributed by atoms with E-state index in [-0.39, 0.29) is 23.6 Å². The van der Waals surface area contributed by atoms with Crippen molar-refractivity contribution < 1.29 is 23.9 Å². The lowest BCUT2D eigenvalue weighted by molar-refractivity contribution is -0.124. The van der Waals surface area contributed by atoms with E-state index >= 15 is 0 Å². The summed E-state index contributed by atoms with van der Waals surface area (Å²) in [5, 5.41) is 2.69. The number of nitrogens with one attached hydrogen (secondary N) is 1. The first-order valence-electron chi connectivity index (χ1n) is 8.28. The zero-order valence-corrected chi connectivity index (χ0v) is 15.5. The first-order valence-corrected chi connectivity index (χ1v) is 9.26. The minimum atomic E-state index is -0.445. The second-order valence-corrected chi connectivity index (χ2v) is 7.07. The molecule has 8 nitrogen and oxygen atoms in total. The number of thioether (sulfide) groups is 1. The van der Waals surface area contributed by atoms with Crippen LogP contribution in [0.5, 0.6) is 11.5 Å². The van der Waals surface area contributed by atoms with E-state index in [1.165, 1.54) is 23.8 Å². The van der Waals surface area contributed by atoms with Gasteiger partial charge in [0.15, 0.2) is 0 Å². The summed E-state index contributed by atoms with van der Waals surface area (Å²) in [7, 11) is 3.09. The standard InChI is InChI=1S/C17H21N3O5S/c1-24-11-3-4-14(25-2)13(9-11)20-7-6-19(17(20)23)10-15(21)18-12-5-8-26-16(12)22/h3-4,9,12H,5-8,10H2,1-2H3,(H,18,21). The fraction of sp³-hybridized carbons (Fsp3) is 0.471. The summed E-state index contributed by atoms with van der Waals surface area (Å²) in [6, 6.07) is 4.50. The highest BCUT2D eigenvalue weighted by molar-refractivity contribution is 8.14. The first-order chi connectivity index (χ1) is 12.5. The third-order valence-corrected chi connectivity index (χ3v) is 5.39. The van der Waals surface area contributed by atoms with E-state index in [1.54, 1.807) is 30.2 Å². The molecule has 3 amide bonds. The van der Waals surface area contributed by atoms with E-state index in [0.29, 0.717) is 36.7 Å². The topological polar surface area (TPSA) is 88.2 Å². The van der Waals surface area contributed by atoms with Gasteiger partial charge in [-0.2, -0.15) is 0 Å². The maximum absolute atomic E-state index is 12.7. The second kappa shape index (κ2) is 7.86. The van der Waals surface area contributed by atoms with Gasteiger partial charge >= 0.3 is 6.03 Å². The van der Waals surface area contributed by atoms with Gasteiger partial charge in [-0.25, -0.2) is 4.79 Å². The molecule has 3 rings (SSSR count). The van der Waals surface area contributed by atoms with E-state index < -0.39 is 6.04 Å². The molecule has 9 heteroatoms. The van der Waals surface area contributed by atoms with Crippen LogP contribution < -0.4 is 19.7 Å². The highest BCUT2D eigenvalue weighted by Gasteiger charge is 2.34. The monoisotopic (exact) mass is 379 g/mol. The fourth-order valence-corrected chi connectivity index (χ4v) is 3.93. The minimum absolute atomic E-state index is 0.0196. The van der Waals surface area contributed by atoms with E-state index in [9.17, 15) is 14.4 Å². The number of carbonyl (C=O) groups is 3. The normalized spacial score (nSPS) is 19.8. The lowest BCUT2D eigenvalue weighted by Crippen LogP contribution is -2.44. The van der Waals surface area contributed by atoms with Gasteiger partial charge in [0, 0.05) is 24.9 Å². The summed E-state index contributed by atoms with van der Waals surface area (Å²) in [4.78, 5) is 39.5. The maximum atomic E-state index is 12.7. The maximum Gasteiger partial charge on any atom is 0.325 e. The lowest BCUT2D eigenvalue weighted by atomic mass is 10.2. The van der Waals surface area contributed by atoms with Crippen LogP contribution in [0.4, 0.5) is 10.5 Å². The summed E-state index contributed by atoms with van der Waals surface area (Å²) in [5.41, 5.74) is 0.599. The molecule has 0 aromatic heterocycles. The van der Waals surface area contributed by atoms with Gasteiger partial charge in [0.05, 0.1) is 25.9 Å². The molecule has 2 saturated heterocycles. The molecule has 2 aliphatic heterocycles. The summed E-state index contributed by atoms with van der Waals surface area (Å²) in [6.07, 6.45) is 0.635. The quantitative estimate of drug-likeness (QED) is 0.796. The number of rotatable bonds is 6. The van der Waals surface area contributed by atoms with Crippen molar-refractivity contribution in [2.24, 2.45) is 0 Å². The Balaban J connectivity index is 1.66. The van der Waals surface area contributed by atoms with Gasteiger partial charge in [0.25, 0.3) is 0 Å². The summed E-state index contributed by atoms with van der Waals surface area (Å²) < 4.78 is 10.6. The van der Waals surface area contributed by atoms with Gasteiger partial charge in [-0.3, -0.25) is 14.5 Å². The number of hydrogen-bond acceptors (Lipinski definition) is 6. The molecule has 0 saturated carbocycles. The number of hydrogen-bond donors (Lipinski definition) is 1. The summed E-state index contributed by atoms with van der Waals surface area (Å²) in [5.74, 6) is 1.57. The Morgan fingerprint density at radius 3 is 2.73 bits per heavy atom. The van der Waals surface area contributed by atoms with Crippen molar-refractivity contribution in [2.75, 3.05) is 44.5 Å². The van der Waals surface area contributed by atoms with E-state index in [4.69, 9.17) is 9.47 Å². The Morgan fingerprint density at radius 1 is 1.27 bits per heavy atom. The van der Waals surface area contributed by atoms with Gasteiger partial charge in [0.2, 0.25) is 11.0 Å². The number of benzene rings is 1. The molecule has 2 fully saturated rings. The smallest absolute Gasteiger partial charge is 0.325 e. The fourth-order valence-electron chi connectivity index (χ4n) is 3.00. The van der Waals surface area contributed by atoms with Crippen molar-refractivity contribution in [3.05, 3.63) is 18.2 Å². The van der Waals surface area contributed by atoms with Crippen LogP contribution in [0, 0.1) is 0 Å². The molecule has 1 aromatic carbocycles. The molecule has 2 heterocycles. The van der Waals surface area contributed by atoms with Crippen LogP contribution in [0.3, 0.4) is 0 Å². The van der Waals surface area contributed by atoms with E-state index in [1.807, 2.05) is 0 Å². The van der Waals surface area contributed by atoms with Crippen LogP contribution in [-0.2, 0) is 9.59 Å². The Morgan fingerprint density at radius 2 is 2.08 bits per heavy atom. The molecule has 26 heavy (non-hydrogen) atoms. The molecular weight excluding hydrogens is 358 g/mol. The van der Waals surface area contributed by atoms with Gasteiger partial charge in [-0.1, -0.05) is 11.8 Å². The highest BCUT2D eigenvalue weighted by Crippen LogP contribution is 2.34. The molecule has 1 unspecified atom stereocenters. The Labute approximate surface area is 155 Å². The minimum Gasteiger partial charge on any atom is -0.497 e. The Kier molecular flexibility index (Phi) is 5.55. The molecule has 140 valence electrons. The van der Waals surface area contributed by atoms with Crippen molar-refractivity contribution in [2.45, 2.75) is 12.5 Å². The average Bonchev–Trinajstić information content (AvgIpc) is 3.20. The largest absolute Gasteiger partial charge is 0.497 e. The molecule has 0 aliphatic carbocycles. The Bertz CT molecular complexity index is 726. The number of amides is 3. The zero-order valence-electron chi connectivity index (χ0n) is 14.7. The van der Waals surface area contributed by atoms with E-state index in [2.05, 4.69) is 5.32 Å². The number of methoxy groups -OCH3 is 2. The summed E-state index contributed by atoms with van der Waals surface area (Å²) in [6.45, 7) is 0.782. The van der Waals surface area contributed by atoms with Crippen LogP contribution in [0.15, 0.2) is 18.2 Å². The SMILES string of the molecule is COc1ccc(OC)c(N2CCN(CC(=O)NC3CCSC3=O)C2=O)c1. The zero-order chi connectivity index (χ0) is 18.7. The van der Waals surface area contributed by atoms with Crippen molar-refractivity contribution in [3.63, 3.8) is 0 Å². The van der Waals surface area contributed by atoms with Crippen LogP contribution in [0.1, 0.15) is 6.42 Å². The number of anilines is 1. The molecule has 0 radical (unpaired) electrons. The highest BCUT2D eigenvalue weighted by atomic mass is 32.2. The van der Waals surface area contributed by atoms with Gasteiger partial charge < -0.3 is 19.7 Å². The van der Waals surface area contributed by atoms with Crippen molar-refractivity contribution in [3.8, 4) is 11.5 Å². The van der Waals surface area contributed by atoms with Crippen molar-refractivity contribution in [1.82, 2.24) is 10.2 Å². The van der Waals surface area contributed by atoms with Crippen LogP contribution in [0.2, 0.25) is 0 Å². The first kappa shape index (κ1) is 18.4. The molecule has 2 aliphatic rings. The van der Waals surface area contributed by atoms with Crippen LogP contribution in [0.25, 0.3) is 0 Å². The average molecular weight is 379 g/mol. The predicted octanol–water partition coefficient (Wildman–Crippen LogP) is 1.09. The van der Waals surface area contributed by atoms with Gasteiger partial charge in [-0.15, -0.1) is 0 Å². The van der Waals surface area contributed by atoms with Gasteiger partial charge in [-0.05, 0) is 18.6 Å². The second-order valence-electron chi connectivity index (χ2n) is 5.97. The molecule has 1 N–H and O–H groups in total. The molecular formula is C17H21N3O5S. The molecule has 0 spiro atoms. The molecule has 1 atom stereocenters. The van der Waals surface area contributed by atoms with Crippen molar-refractivity contribution in [1.29, 1.82) is 0 Å². The number of nitrogens with zero attached hydrogens (tertiary/aromatic N) is 2. The number of urea groups is 1. The molecule has 1 aromatic rings. The van der Waals surface area contributed by atoms with Gasteiger partial charge in [0.1, 0.15) is 18.0 Å². The van der Waals surface area contributed by atoms with Crippen LogP contribution >= 0.6 is 11.8 Å². The lowest BCUT2D eigenvalue weighted by Gasteiger charge is -2.21. The van der Waals surface area contributed by atoms with Crippen molar-refractivity contribution >= 4 is 34.5 Å². The van der Waals surface area contributed by atoms with E-state index in [0.717, 1.165) is 5.75 Å². The summed E-state index contributed by atoms with van der Waals surface area (Å²) >= 11 is 1.23.